The fourth-order valence-corrected chi connectivity index (χ4v) is 1.80. The molecule has 1 aliphatic rings. The van der Waals surface area contributed by atoms with Gasteiger partial charge < -0.3 is 10.0 Å². The summed E-state index contributed by atoms with van der Waals surface area (Å²) in [5, 5.41) is 15.1. The van der Waals surface area contributed by atoms with Gasteiger partial charge in [-0.3, -0.25) is 9.89 Å². The van der Waals surface area contributed by atoms with E-state index >= 15 is 0 Å². The molecule has 0 spiro atoms. The van der Waals surface area contributed by atoms with E-state index in [1.54, 1.807) is 6.07 Å². The Labute approximate surface area is 85.9 Å². The number of aromatic nitrogens is 2. The second kappa shape index (κ2) is 3.72. The Morgan fingerprint density at radius 2 is 2.40 bits per heavy atom. The molecule has 0 bridgehead atoms. The van der Waals surface area contributed by atoms with E-state index < -0.39 is 12.0 Å². The van der Waals surface area contributed by atoms with Gasteiger partial charge in [0.1, 0.15) is 11.7 Å². The van der Waals surface area contributed by atoms with Crippen molar-refractivity contribution in [2.45, 2.75) is 18.9 Å². The SMILES string of the molecule is O=C(O)[C@@H]1CCCN1C(=O)c1ccn[nH]1. The van der Waals surface area contributed by atoms with E-state index in [9.17, 15) is 9.59 Å². The Morgan fingerprint density at radius 1 is 1.60 bits per heavy atom. The lowest BCUT2D eigenvalue weighted by Gasteiger charge is -2.20. The fraction of sp³-hybridized carbons (Fsp3) is 0.444. The molecule has 1 aromatic rings. The molecular formula is C9H11N3O3. The van der Waals surface area contributed by atoms with Crippen LogP contribution < -0.4 is 0 Å². The zero-order valence-corrected chi connectivity index (χ0v) is 8.01. The molecular weight excluding hydrogens is 198 g/mol. The first kappa shape index (κ1) is 9.70. The maximum Gasteiger partial charge on any atom is 0.326 e. The van der Waals surface area contributed by atoms with Crippen LogP contribution in [0.4, 0.5) is 0 Å². The maximum atomic E-state index is 11.8. The molecule has 80 valence electrons. The standard InChI is InChI=1S/C9H11N3O3/c13-8(6-3-4-10-11-6)12-5-1-2-7(12)9(14)15/h3-4,7H,1-2,5H2,(H,10,11)(H,14,15)/t7-/m0/s1. The number of aliphatic carboxylic acids is 1. The molecule has 2 rings (SSSR count). The van der Waals surface area contributed by atoms with Crippen molar-refractivity contribution in [1.82, 2.24) is 15.1 Å². The number of hydrogen-bond donors (Lipinski definition) is 2. The number of nitrogens with one attached hydrogen (secondary N) is 1. The number of likely N-dealkylation sites (tertiary alicyclic amines) is 1. The molecule has 6 heteroatoms. The number of carboxylic acid groups (broad SMARTS) is 1. The highest BCUT2D eigenvalue weighted by Gasteiger charge is 2.34. The fourth-order valence-electron chi connectivity index (χ4n) is 1.80. The Hall–Kier alpha value is -1.85. The molecule has 1 aromatic heterocycles. The van der Waals surface area contributed by atoms with Crippen LogP contribution in [-0.2, 0) is 4.79 Å². The van der Waals surface area contributed by atoms with Crippen LogP contribution in [0.25, 0.3) is 0 Å². The van der Waals surface area contributed by atoms with E-state index in [1.807, 2.05) is 0 Å². The van der Waals surface area contributed by atoms with Gasteiger partial charge >= 0.3 is 5.97 Å². The zero-order valence-electron chi connectivity index (χ0n) is 8.01. The molecule has 0 aromatic carbocycles. The number of nitrogens with zero attached hydrogens (tertiary/aromatic N) is 2. The smallest absolute Gasteiger partial charge is 0.326 e. The highest BCUT2D eigenvalue weighted by Crippen LogP contribution is 2.19. The molecule has 2 N–H and O–H groups in total. The average molecular weight is 209 g/mol. The van der Waals surface area contributed by atoms with Gasteiger partial charge in [0.25, 0.3) is 5.91 Å². The lowest BCUT2D eigenvalue weighted by atomic mass is 10.2. The number of carboxylic acids is 1. The van der Waals surface area contributed by atoms with Crippen LogP contribution in [0, 0.1) is 0 Å². The number of amides is 1. The molecule has 1 fully saturated rings. The predicted molar refractivity (Wildman–Crippen MR) is 50.3 cm³/mol. The third-order valence-corrected chi connectivity index (χ3v) is 2.53. The van der Waals surface area contributed by atoms with Gasteiger partial charge in [-0.15, -0.1) is 0 Å². The van der Waals surface area contributed by atoms with Crippen LogP contribution in [0.5, 0.6) is 0 Å². The number of carbonyl (C=O) groups is 2. The Morgan fingerprint density at radius 3 is 3.00 bits per heavy atom. The zero-order chi connectivity index (χ0) is 10.8. The third-order valence-electron chi connectivity index (χ3n) is 2.53. The molecule has 1 atom stereocenters. The van der Waals surface area contributed by atoms with E-state index in [2.05, 4.69) is 10.2 Å². The molecule has 0 unspecified atom stereocenters. The van der Waals surface area contributed by atoms with Crippen molar-refractivity contribution in [2.24, 2.45) is 0 Å². The highest BCUT2D eigenvalue weighted by atomic mass is 16.4. The van der Waals surface area contributed by atoms with Crippen molar-refractivity contribution in [3.63, 3.8) is 0 Å². The Kier molecular flexibility index (Phi) is 2.40. The Balaban J connectivity index is 2.17. The molecule has 1 amide bonds. The molecule has 0 saturated carbocycles. The molecule has 2 heterocycles. The lowest BCUT2D eigenvalue weighted by molar-refractivity contribution is -0.141. The molecule has 1 saturated heterocycles. The van der Waals surface area contributed by atoms with Gasteiger partial charge in [-0.25, -0.2) is 4.79 Å². The second-order valence-electron chi connectivity index (χ2n) is 3.47. The summed E-state index contributed by atoms with van der Waals surface area (Å²) in [5.41, 5.74) is 0.336. The number of H-pyrrole nitrogens is 1. The van der Waals surface area contributed by atoms with Crippen LogP contribution >= 0.6 is 0 Å². The summed E-state index contributed by atoms with van der Waals surface area (Å²) in [5.74, 6) is -1.24. The number of aromatic amines is 1. The summed E-state index contributed by atoms with van der Waals surface area (Å²) in [7, 11) is 0. The highest BCUT2D eigenvalue weighted by molar-refractivity contribution is 5.95. The summed E-state index contributed by atoms with van der Waals surface area (Å²) in [6, 6.07) is 0.848. The van der Waals surface area contributed by atoms with Crippen LogP contribution in [0.2, 0.25) is 0 Å². The summed E-state index contributed by atoms with van der Waals surface area (Å²) in [4.78, 5) is 24.1. The van der Waals surface area contributed by atoms with Crippen LogP contribution in [0.15, 0.2) is 12.3 Å². The third kappa shape index (κ3) is 1.70. The molecule has 6 nitrogen and oxygen atoms in total. The van der Waals surface area contributed by atoms with Crippen LogP contribution in [0.3, 0.4) is 0 Å². The second-order valence-corrected chi connectivity index (χ2v) is 3.47. The van der Waals surface area contributed by atoms with Crippen molar-refractivity contribution in [3.05, 3.63) is 18.0 Å². The Bertz CT molecular complexity index is 374. The van der Waals surface area contributed by atoms with Gasteiger partial charge in [-0.05, 0) is 18.9 Å². The number of hydrogen-bond acceptors (Lipinski definition) is 3. The lowest BCUT2D eigenvalue weighted by Crippen LogP contribution is -2.40. The van der Waals surface area contributed by atoms with E-state index in [0.29, 0.717) is 18.7 Å². The largest absolute Gasteiger partial charge is 0.480 e. The summed E-state index contributed by atoms with van der Waals surface area (Å²) in [6.07, 6.45) is 2.73. The first-order chi connectivity index (χ1) is 7.20. The van der Waals surface area contributed by atoms with Crippen LogP contribution in [0.1, 0.15) is 23.3 Å². The van der Waals surface area contributed by atoms with E-state index in [1.165, 1.54) is 11.1 Å². The minimum Gasteiger partial charge on any atom is -0.480 e. The maximum absolute atomic E-state index is 11.8. The number of carbonyl (C=O) groups excluding carboxylic acids is 1. The van der Waals surface area contributed by atoms with Gasteiger partial charge in [-0.1, -0.05) is 0 Å². The van der Waals surface area contributed by atoms with Gasteiger partial charge in [0.05, 0.1) is 0 Å². The molecule has 0 radical (unpaired) electrons. The van der Waals surface area contributed by atoms with Gasteiger partial charge in [0.2, 0.25) is 0 Å². The van der Waals surface area contributed by atoms with Crippen molar-refractivity contribution in [1.29, 1.82) is 0 Å². The summed E-state index contributed by atoms with van der Waals surface area (Å²) in [6.45, 7) is 0.495. The van der Waals surface area contributed by atoms with Gasteiger partial charge in [0.15, 0.2) is 0 Å². The van der Waals surface area contributed by atoms with Crippen LogP contribution in [-0.4, -0.2) is 44.7 Å². The van der Waals surface area contributed by atoms with Gasteiger partial charge in [-0.2, -0.15) is 5.10 Å². The predicted octanol–water partition coefficient (Wildman–Crippen LogP) is 0.0989. The van der Waals surface area contributed by atoms with Crippen molar-refractivity contribution < 1.29 is 14.7 Å². The quantitative estimate of drug-likeness (QED) is 0.723. The van der Waals surface area contributed by atoms with E-state index in [4.69, 9.17) is 5.11 Å². The van der Waals surface area contributed by atoms with E-state index in [0.717, 1.165) is 6.42 Å². The molecule has 1 aliphatic heterocycles. The topological polar surface area (TPSA) is 86.3 Å². The number of rotatable bonds is 2. The minimum atomic E-state index is -0.944. The monoisotopic (exact) mass is 209 g/mol. The van der Waals surface area contributed by atoms with E-state index in [-0.39, 0.29) is 5.91 Å². The summed E-state index contributed by atoms with van der Waals surface area (Å²) < 4.78 is 0. The van der Waals surface area contributed by atoms with Crippen molar-refractivity contribution in [3.8, 4) is 0 Å². The molecule has 0 aliphatic carbocycles. The van der Waals surface area contributed by atoms with Crippen molar-refractivity contribution in [2.75, 3.05) is 6.54 Å². The van der Waals surface area contributed by atoms with Gasteiger partial charge in [0, 0.05) is 12.7 Å². The average Bonchev–Trinajstić information content (AvgIpc) is 2.88. The first-order valence-corrected chi connectivity index (χ1v) is 4.73. The van der Waals surface area contributed by atoms with Crippen molar-refractivity contribution >= 4 is 11.9 Å². The first-order valence-electron chi connectivity index (χ1n) is 4.73. The normalized spacial score (nSPS) is 20.5. The summed E-state index contributed by atoms with van der Waals surface area (Å²) >= 11 is 0. The molecule has 15 heavy (non-hydrogen) atoms. The minimum absolute atomic E-state index is 0.294.